The van der Waals surface area contributed by atoms with Crippen LogP contribution in [-0.4, -0.2) is 49.8 Å². The van der Waals surface area contributed by atoms with E-state index >= 15 is 0 Å². The molecule has 1 fully saturated rings. The average molecular weight is 347 g/mol. The summed E-state index contributed by atoms with van der Waals surface area (Å²) in [5.74, 6) is 1.15. The minimum absolute atomic E-state index is 0.296. The molecule has 0 saturated carbocycles. The summed E-state index contributed by atoms with van der Waals surface area (Å²) in [4.78, 5) is 16.3. The van der Waals surface area contributed by atoms with Gasteiger partial charge in [0.15, 0.2) is 11.5 Å². The van der Waals surface area contributed by atoms with Crippen LogP contribution < -0.4 is 5.73 Å². The van der Waals surface area contributed by atoms with Gasteiger partial charge < -0.3 is 5.73 Å². The van der Waals surface area contributed by atoms with Gasteiger partial charge in [0, 0.05) is 31.1 Å². The largest absolute Gasteiger partial charge is 0.368 e. The van der Waals surface area contributed by atoms with E-state index in [1.165, 1.54) is 5.57 Å². The van der Waals surface area contributed by atoms with Crippen molar-refractivity contribution in [2.24, 2.45) is 4.99 Å². The van der Waals surface area contributed by atoms with Crippen LogP contribution in [0.3, 0.4) is 0 Å². The maximum absolute atomic E-state index is 6.13. The number of aromatic nitrogens is 4. The van der Waals surface area contributed by atoms with Crippen molar-refractivity contribution in [2.45, 2.75) is 32.4 Å². The molecule has 2 aromatic heterocycles. The smallest absolute Gasteiger partial charge is 0.223 e. The number of aliphatic imine (C=N–C) groups is 1. The van der Waals surface area contributed by atoms with Gasteiger partial charge in [-0.15, -0.1) is 5.10 Å². The van der Waals surface area contributed by atoms with E-state index in [0.717, 1.165) is 53.9 Å². The molecule has 2 N–H and O–H groups in total. The van der Waals surface area contributed by atoms with Crippen molar-refractivity contribution >= 4 is 28.7 Å². The van der Waals surface area contributed by atoms with Crippen LogP contribution in [0.5, 0.6) is 0 Å². The average Bonchev–Trinajstić information content (AvgIpc) is 3.07. The Hall–Kier alpha value is -2.80. The first kappa shape index (κ1) is 15.5. The highest BCUT2D eigenvalue weighted by atomic mass is 15.4. The second-order valence-electron chi connectivity index (χ2n) is 7.05. The van der Waals surface area contributed by atoms with Gasteiger partial charge in [-0.05, 0) is 30.5 Å². The topological polar surface area (TPSA) is 84.7 Å². The number of rotatable bonds is 2. The number of nitrogens with zero attached hydrogens (tertiary/aromatic N) is 6. The quantitative estimate of drug-likeness (QED) is 0.718. The van der Waals surface area contributed by atoms with Crippen LogP contribution in [0.2, 0.25) is 0 Å². The summed E-state index contributed by atoms with van der Waals surface area (Å²) in [7, 11) is 0. The zero-order chi connectivity index (χ0) is 17.7. The van der Waals surface area contributed by atoms with E-state index in [1.54, 1.807) is 4.52 Å². The van der Waals surface area contributed by atoms with Crippen LogP contribution in [-0.2, 0) is 6.54 Å². The van der Waals surface area contributed by atoms with E-state index in [2.05, 4.69) is 26.1 Å². The Morgan fingerprint density at radius 2 is 2.19 bits per heavy atom. The molecule has 0 spiro atoms. The predicted molar refractivity (Wildman–Crippen MR) is 102 cm³/mol. The first-order chi connectivity index (χ1) is 12.7. The summed E-state index contributed by atoms with van der Waals surface area (Å²) in [6.45, 7) is 4.67. The second kappa shape index (κ2) is 5.88. The summed E-state index contributed by atoms with van der Waals surface area (Å²) < 4.78 is 1.66. The summed E-state index contributed by atoms with van der Waals surface area (Å²) in [5, 5.41) is 5.60. The maximum Gasteiger partial charge on any atom is 0.223 e. The van der Waals surface area contributed by atoms with Crippen molar-refractivity contribution in [3.8, 4) is 0 Å². The first-order valence-corrected chi connectivity index (χ1v) is 9.02. The van der Waals surface area contributed by atoms with E-state index in [9.17, 15) is 0 Å². The number of hydrogen-bond donors (Lipinski definition) is 1. The molecule has 0 amide bonds. The molecule has 5 rings (SSSR count). The fraction of sp³-hybridized carbons (Fsp3) is 0.368. The molecular weight excluding hydrogens is 326 g/mol. The third-order valence-electron chi connectivity index (χ3n) is 5.28. The highest BCUT2D eigenvalue weighted by molar-refractivity contribution is 5.93. The SMILES string of the molecule is Cc1cccc2c1nc(N)n1nc(CN3CCC4=CCC=NC4C3)nc21. The lowest BCUT2D eigenvalue weighted by atomic mass is 9.96. The lowest BCUT2D eigenvalue weighted by Crippen LogP contribution is -2.39. The number of para-hydroxylation sites is 1. The number of nitrogens with two attached hydrogens (primary N) is 1. The highest BCUT2D eigenvalue weighted by Gasteiger charge is 2.25. The minimum Gasteiger partial charge on any atom is -0.368 e. The number of fused-ring (bicyclic) bond motifs is 4. The Bertz CT molecular complexity index is 1060. The lowest BCUT2D eigenvalue weighted by Gasteiger charge is -2.33. The number of allylic oxidation sites excluding steroid dienone is 1. The van der Waals surface area contributed by atoms with Crippen molar-refractivity contribution < 1.29 is 0 Å². The Kier molecular flexibility index (Phi) is 3.49. The maximum atomic E-state index is 6.13. The zero-order valence-electron chi connectivity index (χ0n) is 14.8. The predicted octanol–water partition coefficient (Wildman–Crippen LogP) is 2.14. The molecule has 7 heteroatoms. The lowest BCUT2D eigenvalue weighted by molar-refractivity contribution is 0.227. The molecule has 1 unspecified atom stereocenters. The highest BCUT2D eigenvalue weighted by Crippen LogP contribution is 2.25. The molecule has 26 heavy (non-hydrogen) atoms. The second-order valence-corrected chi connectivity index (χ2v) is 7.05. The normalized spacial score (nSPS) is 20.5. The molecule has 1 atom stereocenters. The van der Waals surface area contributed by atoms with Gasteiger partial charge >= 0.3 is 0 Å². The fourth-order valence-electron chi connectivity index (χ4n) is 3.93. The third kappa shape index (κ3) is 2.47. The van der Waals surface area contributed by atoms with Gasteiger partial charge in [0.2, 0.25) is 5.95 Å². The number of piperidine rings is 1. The van der Waals surface area contributed by atoms with Crippen molar-refractivity contribution in [3.05, 3.63) is 41.2 Å². The summed E-state index contributed by atoms with van der Waals surface area (Å²) in [5.41, 5.74) is 10.4. The van der Waals surface area contributed by atoms with Crippen molar-refractivity contribution in [1.82, 2.24) is 24.5 Å². The molecule has 132 valence electrons. The van der Waals surface area contributed by atoms with Gasteiger partial charge in [-0.3, -0.25) is 9.89 Å². The Labute approximate surface area is 151 Å². The number of aryl methyl sites for hydroxylation is 1. The van der Waals surface area contributed by atoms with Crippen molar-refractivity contribution in [2.75, 3.05) is 18.8 Å². The Morgan fingerprint density at radius 3 is 3.12 bits per heavy atom. The molecule has 0 aliphatic carbocycles. The van der Waals surface area contributed by atoms with Crippen molar-refractivity contribution in [3.63, 3.8) is 0 Å². The third-order valence-corrected chi connectivity index (χ3v) is 5.28. The number of dihydropyridines is 1. The molecule has 3 aromatic rings. The van der Waals surface area contributed by atoms with E-state index in [0.29, 0.717) is 18.5 Å². The van der Waals surface area contributed by atoms with Gasteiger partial charge in [0.05, 0.1) is 18.1 Å². The summed E-state index contributed by atoms with van der Waals surface area (Å²) in [6.07, 6.45) is 6.38. The number of likely N-dealkylation sites (tertiary alicyclic amines) is 1. The van der Waals surface area contributed by atoms with Crippen LogP contribution in [0.15, 0.2) is 34.8 Å². The number of benzene rings is 1. The minimum atomic E-state index is 0.296. The van der Waals surface area contributed by atoms with Crippen LogP contribution in [0.4, 0.5) is 5.95 Å². The molecule has 0 bridgehead atoms. The molecular formula is C19H21N7. The standard InChI is InChI=1S/C19H21N7/c1-12-4-2-6-14-17(12)23-19(20)26-18(14)22-16(24-26)11-25-9-7-13-5-3-8-21-15(13)10-25/h2,4-6,8,15H,3,7,9-11H2,1H3,(H2,20,23). The molecule has 0 radical (unpaired) electrons. The van der Waals surface area contributed by atoms with E-state index in [-0.39, 0.29) is 0 Å². The molecule has 1 aromatic carbocycles. The number of hydrogen-bond acceptors (Lipinski definition) is 6. The zero-order valence-corrected chi connectivity index (χ0v) is 14.8. The number of anilines is 1. The number of nitrogen functional groups attached to an aromatic ring is 1. The van der Waals surface area contributed by atoms with E-state index < -0.39 is 0 Å². The van der Waals surface area contributed by atoms with Gasteiger partial charge in [0.1, 0.15) is 0 Å². The molecule has 2 aliphatic heterocycles. The van der Waals surface area contributed by atoms with Crippen LogP contribution >= 0.6 is 0 Å². The fourth-order valence-corrected chi connectivity index (χ4v) is 3.93. The van der Waals surface area contributed by atoms with Gasteiger partial charge in [0.25, 0.3) is 0 Å². The molecule has 4 heterocycles. The molecule has 1 saturated heterocycles. The first-order valence-electron chi connectivity index (χ1n) is 9.02. The van der Waals surface area contributed by atoms with Gasteiger partial charge in [-0.1, -0.05) is 18.2 Å². The van der Waals surface area contributed by atoms with E-state index in [1.807, 2.05) is 31.3 Å². The van der Waals surface area contributed by atoms with Crippen molar-refractivity contribution in [1.29, 1.82) is 0 Å². The van der Waals surface area contributed by atoms with Gasteiger partial charge in [-0.2, -0.15) is 4.52 Å². The Morgan fingerprint density at radius 1 is 1.27 bits per heavy atom. The van der Waals surface area contributed by atoms with Crippen LogP contribution in [0, 0.1) is 6.92 Å². The monoisotopic (exact) mass is 347 g/mol. The molecule has 2 aliphatic rings. The van der Waals surface area contributed by atoms with Crippen LogP contribution in [0.25, 0.3) is 16.6 Å². The summed E-state index contributed by atoms with van der Waals surface area (Å²) in [6, 6.07) is 6.37. The molecule has 7 nitrogen and oxygen atoms in total. The van der Waals surface area contributed by atoms with Gasteiger partial charge in [-0.25, -0.2) is 9.97 Å². The Balaban J connectivity index is 1.48. The van der Waals surface area contributed by atoms with E-state index in [4.69, 9.17) is 10.7 Å². The van der Waals surface area contributed by atoms with Crippen LogP contribution in [0.1, 0.15) is 24.2 Å². The summed E-state index contributed by atoms with van der Waals surface area (Å²) >= 11 is 0.